The van der Waals surface area contributed by atoms with Crippen molar-refractivity contribution in [2.24, 2.45) is 5.92 Å². The Morgan fingerprint density at radius 2 is 2.07 bits per heavy atom. The lowest BCUT2D eigenvalue weighted by molar-refractivity contribution is -0.107. The maximum atomic E-state index is 10.5. The van der Waals surface area contributed by atoms with E-state index in [0.717, 1.165) is 24.0 Å². The van der Waals surface area contributed by atoms with Crippen LogP contribution >= 0.6 is 0 Å². The number of aldehydes is 1. The van der Waals surface area contributed by atoms with Crippen molar-refractivity contribution in [1.29, 1.82) is 0 Å². The van der Waals surface area contributed by atoms with Gasteiger partial charge in [0.15, 0.2) is 0 Å². The number of para-hydroxylation sites is 1. The Kier molecular flexibility index (Phi) is 4.88. The van der Waals surface area contributed by atoms with Crippen molar-refractivity contribution >= 4 is 6.29 Å². The second-order valence-electron chi connectivity index (χ2n) is 4.01. The summed E-state index contributed by atoms with van der Waals surface area (Å²) < 4.78 is 5.64. The van der Waals surface area contributed by atoms with Crippen LogP contribution in [-0.4, -0.2) is 12.9 Å². The average molecular weight is 206 g/mol. The minimum Gasteiger partial charge on any atom is -0.493 e. The van der Waals surface area contributed by atoms with Gasteiger partial charge in [-0.2, -0.15) is 0 Å². The second kappa shape index (κ2) is 6.23. The van der Waals surface area contributed by atoms with Crippen molar-refractivity contribution < 1.29 is 9.53 Å². The second-order valence-corrected chi connectivity index (χ2v) is 4.01. The topological polar surface area (TPSA) is 26.3 Å². The van der Waals surface area contributed by atoms with E-state index in [4.69, 9.17) is 4.74 Å². The van der Waals surface area contributed by atoms with Gasteiger partial charge in [0.05, 0.1) is 6.61 Å². The number of hydrogen-bond acceptors (Lipinski definition) is 2. The van der Waals surface area contributed by atoms with Crippen molar-refractivity contribution in [1.82, 2.24) is 0 Å². The molecule has 0 fully saturated rings. The van der Waals surface area contributed by atoms with Gasteiger partial charge in [0, 0.05) is 12.0 Å². The van der Waals surface area contributed by atoms with Gasteiger partial charge in [-0.1, -0.05) is 32.0 Å². The van der Waals surface area contributed by atoms with Gasteiger partial charge in [0.2, 0.25) is 0 Å². The summed E-state index contributed by atoms with van der Waals surface area (Å²) in [5.74, 6) is 1.48. The zero-order valence-electron chi connectivity index (χ0n) is 9.40. The number of rotatable bonds is 6. The standard InChI is InChI=1S/C13H18O2/c1-11(2)8-10-15-13-6-4-3-5-12(13)7-9-14/h3-6,9,11H,7-8,10H2,1-2H3. The van der Waals surface area contributed by atoms with Crippen LogP contribution in [0.15, 0.2) is 24.3 Å². The molecule has 0 heterocycles. The average Bonchev–Trinajstić information content (AvgIpc) is 2.20. The fourth-order valence-corrected chi connectivity index (χ4v) is 1.31. The first kappa shape index (κ1) is 11.8. The van der Waals surface area contributed by atoms with Crippen molar-refractivity contribution in [2.75, 3.05) is 6.61 Å². The van der Waals surface area contributed by atoms with Crippen LogP contribution in [0, 0.1) is 5.92 Å². The first-order valence-electron chi connectivity index (χ1n) is 5.38. The number of carbonyl (C=O) groups excluding carboxylic acids is 1. The lowest BCUT2D eigenvalue weighted by atomic mass is 10.1. The predicted molar refractivity (Wildman–Crippen MR) is 61.2 cm³/mol. The number of hydrogen-bond donors (Lipinski definition) is 0. The van der Waals surface area contributed by atoms with Gasteiger partial charge >= 0.3 is 0 Å². The molecule has 0 aliphatic rings. The summed E-state index contributed by atoms with van der Waals surface area (Å²) >= 11 is 0. The van der Waals surface area contributed by atoms with Crippen molar-refractivity contribution in [2.45, 2.75) is 26.7 Å². The Labute approximate surface area is 91.3 Å². The number of benzene rings is 1. The fourth-order valence-electron chi connectivity index (χ4n) is 1.31. The van der Waals surface area contributed by atoms with Crippen molar-refractivity contribution in [3.05, 3.63) is 29.8 Å². The molecule has 15 heavy (non-hydrogen) atoms. The minimum atomic E-state index is 0.428. The highest BCUT2D eigenvalue weighted by atomic mass is 16.5. The van der Waals surface area contributed by atoms with Crippen LogP contribution in [0.5, 0.6) is 5.75 Å². The Morgan fingerprint density at radius 3 is 2.73 bits per heavy atom. The van der Waals surface area contributed by atoms with E-state index in [1.807, 2.05) is 24.3 Å². The quantitative estimate of drug-likeness (QED) is 0.669. The molecule has 0 aliphatic carbocycles. The molecule has 82 valence electrons. The van der Waals surface area contributed by atoms with Gasteiger partial charge in [-0.05, 0) is 18.4 Å². The Bertz CT molecular complexity index is 305. The molecule has 0 unspecified atom stereocenters. The molecular formula is C13H18O2. The van der Waals surface area contributed by atoms with Gasteiger partial charge in [-0.3, -0.25) is 0 Å². The molecular weight excluding hydrogens is 188 g/mol. The Balaban J connectivity index is 2.55. The maximum absolute atomic E-state index is 10.5. The highest BCUT2D eigenvalue weighted by Gasteiger charge is 2.02. The van der Waals surface area contributed by atoms with Crippen LogP contribution in [0.2, 0.25) is 0 Å². The molecule has 0 radical (unpaired) electrons. The lowest BCUT2D eigenvalue weighted by Crippen LogP contribution is -2.03. The van der Waals surface area contributed by atoms with Crippen LogP contribution < -0.4 is 4.74 Å². The van der Waals surface area contributed by atoms with Crippen LogP contribution in [0.25, 0.3) is 0 Å². The third-order valence-corrected chi connectivity index (χ3v) is 2.23. The van der Waals surface area contributed by atoms with Crippen LogP contribution in [0.1, 0.15) is 25.8 Å². The first-order valence-corrected chi connectivity index (χ1v) is 5.38. The van der Waals surface area contributed by atoms with E-state index in [9.17, 15) is 4.79 Å². The third-order valence-electron chi connectivity index (χ3n) is 2.23. The van der Waals surface area contributed by atoms with Gasteiger partial charge in [-0.15, -0.1) is 0 Å². The van der Waals surface area contributed by atoms with E-state index in [0.29, 0.717) is 18.9 Å². The fraction of sp³-hybridized carbons (Fsp3) is 0.462. The van der Waals surface area contributed by atoms with Gasteiger partial charge in [0.25, 0.3) is 0 Å². The summed E-state index contributed by atoms with van der Waals surface area (Å²) in [4.78, 5) is 10.5. The summed E-state index contributed by atoms with van der Waals surface area (Å²) in [6.45, 7) is 5.05. The Morgan fingerprint density at radius 1 is 1.33 bits per heavy atom. The molecule has 0 aromatic heterocycles. The molecule has 2 heteroatoms. The molecule has 1 rings (SSSR count). The predicted octanol–water partition coefficient (Wildman–Crippen LogP) is 2.85. The molecule has 0 saturated carbocycles. The summed E-state index contributed by atoms with van der Waals surface area (Å²) in [5.41, 5.74) is 0.969. The summed E-state index contributed by atoms with van der Waals surface area (Å²) in [6, 6.07) is 7.70. The molecule has 1 aromatic carbocycles. The van der Waals surface area contributed by atoms with E-state index >= 15 is 0 Å². The SMILES string of the molecule is CC(C)CCOc1ccccc1CC=O. The molecule has 0 bridgehead atoms. The summed E-state index contributed by atoms with van der Waals surface area (Å²) in [6.07, 6.45) is 2.37. The summed E-state index contributed by atoms with van der Waals surface area (Å²) in [7, 11) is 0. The van der Waals surface area contributed by atoms with E-state index in [1.54, 1.807) is 0 Å². The first-order chi connectivity index (χ1) is 7.24. The van der Waals surface area contributed by atoms with E-state index < -0.39 is 0 Å². The van der Waals surface area contributed by atoms with Crippen molar-refractivity contribution in [3.8, 4) is 5.75 Å². The molecule has 2 nitrogen and oxygen atoms in total. The molecule has 0 amide bonds. The largest absolute Gasteiger partial charge is 0.493 e. The highest BCUT2D eigenvalue weighted by Crippen LogP contribution is 2.18. The molecule has 0 spiro atoms. The highest BCUT2D eigenvalue weighted by molar-refractivity contribution is 5.57. The van der Waals surface area contributed by atoms with Crippen LogP contribution in [0.4, 0.5) is 0 Å². The van der Waals surface area contributed by atoms with E-state index in [1.165, 1.54) is 0 Å². The van der Waals surface area contributed by atoms with Gasteiger partial charge in [0.1, 0.15) is 12.0 Å². The molecule has 1 aromatic rings. The zero-order valence-corrected chi connectivity index (χ0v) is 9.40. The third kappa shape index (κ3) is 4.15. The van der Waals surface area contributed by atoms with Gasteiger partial charge in [-0.25, -0.2) is 0 Å². The monoisotopic (exact) mass is 206 g/mol. The molecule has 0 saturated heterocycles. The Hall–Kier alpha value is -1.31. The maximum Gasteiger partial charge on any atom is 0.124 e. The lowest BCUT2D eigenvalue weighted by Gasteiger charge is -2.10. The van der Waals surface area contributed by atoms with E-state index in [-0.39, 0.29) is 0 Å². The summed E-state index contributed by atoms with van der Waals surface area (Å²) in [5, 5.41) is 0. The smallest absolute Gasteiger partial charge is 0.124 e. The van der Waals surface area contributed by atoms with Crippen LogP contribution in [-0.2, 0) is 11.2 Å². The number of ether oxygens (including phenoxy) is 1. The normalized spacial score (nSPS) is 10.3. The van der Waals surface area contributed by atoms with Gasteiger partial charge < -0.3 is 9.53 Å². The molecule has 0 atom stereocenters. The van der Waals surface area contributed by atoms with Crippen molar-refractivity contribution in [3.63, 3.8) is 0 Å². The number of carbonyl (C=O) groups is 1. The molecule has 0 aliphatic heterocycles. The zero-order chi connectivity index (χ0) is 11.1. The van der Waals surface area contributed by atoms with E-state index in [2.05, 4.69) is 13.8 Å². The molecule has 0 N–H and O–H groups in total. The minimum absolute atomic E-state index is 0.428. The van der Waals surface area contributed by atoms with Crippen LogP contribution in [0.3, 0.4) is 0 Å².